The lowest BCUT2D eigenvalue weighted by Gasteiger charge is -2.28. The molecular weight excluding hydrogens is 552 g/mol. The highest BCUT2D eigenvalue weighted by Crippen LogP contribution is 2.30. The van der Waals surface area contributed by atoms with E-state index < -0.39 is 21.7 Å². The number of para-hydroxylation sites is 1. The number of nitrogens with one attached hydrogen (secondary N) is 4. The van der Waals surface area contributed by atoms with Crippen LogP contribution < -0.4 is 20.9 Å². The summed E-state index contributed by atoms with van der Waals surface area (Å²) in [6, 6.07) is 20.5. The number of aromatic nitrogens is 2. The lowest BCUT2D eigenvalue weighted by molar-refractivity contribution is 0.0541. The number of rotatable bonds is 9. The van der Waals surface area contributed by atoms with Gasteiger partial charge in [-0.1, -0.05) is 48.5 Å². The van der Waals surface area contributed by atoms with Crippen LogP contribution in [0.1, 0.15) is 46.5 Å². The van der Waals surface area contributed by atoms with Crippen molar-refractivity contribution < 1.29 is 17.9 Å². The number of anilines is 2. The van der Waals surface area contributed by atoms with Crippen LogP contribution in [-0.4, -0.2) is 43.2 Å². The minimum absolute atomic E-state index is 0.289. The molecule has 3 aromatic carbocycles. The number of carbonyl (C=O) groups is 1. The minimum Gasteiger partial charge on any atom is -0.443 e. The summed E-state index contributed by atoms with van der Waals surface area (Å²) in [5, 5.41) is 5.78. The zero-order valence-electron chi connectivity index (χ0n) is 24.2. The first kappa shape index (κ1) is 29.5. The van der Waals surface area contributed by atoms with Crippen molar-refractivity contribution in [3.05, 3.63) is 66.7 Å². The van der Waals surface area contributed by atoms with Crippen LogP contribution in [0, 0.1) is 11.8 Å². The van der Waals surface area contributed by atoms with E-state index in [4.69, 9.17) is 4.74 Å². The Morgan fingerprint density at radius 3 is 2.24 bits per heavy atom. The standard InChI is InChI=1S/C31H38N6O4S/c1-31(2,3)41-30(38)37-36-28-25-12-6-7-13-26(25)34-29(35-28)32-19-21-15-17-22(18-16-21)20-33-42(39,40)27-14-8-10-23-9-4-5-11-24(23)27/h4-14,21-22,33H,15-20H2,1-3H3,(H,37,38)(H2,32,34,35,36). The molecule has 0 aliphatic heterocycles. The number of carbonyl (C=O) groups excluding carboxylic acids is 1. The number of hydrazine groups is 1. The van der Waals surface area contributed by atoms with Gasteiger partial charge in [0, 0.05) is 23.9 Å². The number of hydrogen-bond acceptors (Lipinski definition) is 8. The van der Waals surface area contributed by atoms with Gasteiger partial charge >= 0.3 is 6.09 Å². The molecule has 42 heavy (non-hydrogen) atoms. The van der Waals surface area contributed by atoms with Crippen molar-refractivity contribution in [2.24, 2.45) is 11.8 Å². The van der Waals surface area contributed by atoms with Gasteiger partial charge in [0.2, 0.25) is 16.0 Å². The van der Waals surface area contributed by atoms with Gasteiger partial charge in [-0.05, 0) is 81.9 Å². The van der Waals surface area contributed by atoms with Crippen LogP contribution in [0.4, 0.5) is 16.6 Å². The Hall–Kier alpha value is -3.96. The van der Waals surface area contributed by atoms with Crippen LogP contribution in [0.15, 0.2) is 71.6 Å². The molecule has 222 valence electrons. The highest BCUT2D eigenvalue weighted by molar-refractivity contribution is 7.89. The first-order chi connectivity index (χ1) is 20.1. The second-order valence-corrected chi connectivity index (χ2v) is 13.5. The zero-order chi connectivity index (χ0) is 29.7. The maximum Gasteiger partial charge on any atom is 0.426 e. The van der Waals surface area contributed by atoms with Crippen molar-refractivity contribution in [2.75, 3.05) is 23.8 Å². The first-order valence-electron chi connectivity index (χ1n) is 14.3. The van der Waals surface area contributed by atoms with E-state index >= 15 is 0 Å². The second kappa shape index (κ2) is 12.5. The average molecular weight is 591 g/mol. The largest absolute Gasteiger partial charge is 0.443 e. The quantitative estimate of drug-likeness (QED) is 0.179. The Labute approximate surface area is 246 Å². The number of fused-ring (bicyclic) bond motifs is 2. The third kappa shape index (κ3) is 7.46. The maximum atomic E-state index is 13.1. The lowest BCUT2D eigenvalue weighted by atomic mass is 9.82. The fourth-order valence-corrected chi connectivity index (χ4v) is 6.62. The number of ether oxygens (including phenoxy) is 1. The van der Waals surface area contributed by atoms with E-state index in [1.54, 1.807) is 32.9 Å². The third-order valence-corrected chi connectivity index (χ3v) is 8.88. The summed E-state index contributed by atoms with van der Waals surface area (Å²) >= 11 is 0. The van der Waals surface area contributed by atoms with Crippen LogP contribution in [0.5, 0.6) is 0 Å². The molecule has 1 saturated carbocycles. The summed E-state index contributed by atoms with van der Waals surface area (Å²) in [5.74, 6) is 1.64. The minimum atomic E-state index is -3.61. The molecule has 1 amide bonds. The van der Waals surface area contributed by atoms with E-state index in [2.05, 4.69) is 30.9 Å². The molecule has 4 N–H and O–H groups in total. The molecule has 0 saturated heterocycles. The molecule has 5 rings (SSSR count). The summed E-state index contributed by atoms with van der Waals surface area (Å²) in [5.41, 5.74) is 5.54. The van der Waals surface area contributed by atoms with Gasteiger partial charge in [0.25, 0.3) is 0 Å². The predicted molar refractivity (Wildman–Crippen MR) is 166 cm³/mol. The third-order valence-electron chi connectivity index (χ3n) is 7.40. The Morgan fingerprint density at radius 2 is 1.50 bits per heavy atom. The monoisotopic (exact) mass is 590 g/mol. The molecule has 1 aliphatic rings. The Balaban J connectivity index is 1.14. The van der Waals surface area contributed by atoms with Gasteiger partial charge in [-0.15, -0.1) is 0 Å². The number of benzene rings is 3. The molecule has 10 nitrogen and oxygen atoms in total. The van der Waals surface area contributed by atoms with E-state index in [9.17, 15) is 13.2 Å². The molecule has 1 aromatic heterocycles. The summed E-state index contributed by atoms with van der Waals surface area (Å²) in [4.78, 5) is 21.7. The van der Waals surface area contributed by atoms with E-state index in [-0.39, 0.29) is 5.92 Å². The fourth-order valence-electron chi connectivity index (χ4n) is 5.28. The SMILES string of the molecule is CC(C)(C)OC(=O)NNc1nc(NCC2CCC(CNS(=O)(=O)c3cccc4ccccc34)CC2)nc2ccccc12. The number of nitrogens with zero attached hydrogens (tertiary/aromatic N) is 2. The van der Waals surface area contributed by atoms with Crippen LogP contribution in [0.2, 0.25) is 0 Å². The number of hydrogen-bond donors (Lipinski definition) is 4. The van der Waals surface area contributed by atoms with Crippen molar-refractivity contribution in [3.63, 3.8) is 0 Å². The van der Waals surface area contributed by atoms with Crippen LogP contribution in [0.25, 0.3) is 21.7 Å². The lowest BCUT2D eigenvalue weighted by Crippen LogP contribution is -2.36. The van der Waals surface area contributed by atoms with Crippen LogP contribution in [0.3, 0.4) is 0 Å². The summed E-state index contributed by atoms with van der Waals surface area (Å²) in [6.07, 6.45) is 3.24. The van der Waals surface area contributed by atoms with Crippen LogP contribution >= 0.6 is 0 Å². The molecule has 0 bridgehead atoms. The Morgan fingerprint density at radius 1 is 0.857 bits per heavy atom. The van der Waals surface area contributed by atoms with Crippen molar-refractivity contribution in [1.29, 1.82) is 0 Å². The molecule has 0 radical (unpaired) electrons. The summed E-state index contributed by atoms with van der Waals surface area (Å²) in [6.45, 7) is 6.53. The molecule has 0 atom stereocenters. The molecule has 11 heteroatoms. The smallest absolute Gasteiger partial charge is 0.426 e. The van der Waals surface area contributed by atoms with Gasteiger partial charge in [-0.3, -0.25) is 5.43 Å². The molecular formula is C31H38N6O4S. The van der Waals surface area contributed by atoms with Crippen molar-refractivity contribution in [3.8, 4) is 0 Å². The van der Waals surface area contributed by atoms with E-state index in [1.165, 1.54) is 0 Å². The predicted octanol–water partition coefficient (Wildman–Crippen LogP) is 5.83. The highest BCUT2D eigenvalue weighted by atomic mass is 32.2. The summed E-state index contributed by atoms with van der Waals surface area (Å²) < 4.78 is 34.4. The van der Waals surface area contributed by atoms with Gasteiger partial charge in [-0.25, -0.2) is 28.3 Å². The van der Waals surface area contributed by atoms with E-state index in [0.29, 0.717) is 35.7 Å². The van der Waals surface area contributed by atoms with Gasteiger partial charge in [-0.2, -0.15) is 4.98 Å². The zero-order valence-corrected chi connectivity index (χ0v) is 25.0. The summed E-state index contributed by atoms with van der Waals surface area (Å²) in [7, 11) is -3.61. The number of amides is 1. The molecule has 1 heterocycles. The van der Waals surface area contributed by atoms with Gasteiger partial charge < -0.3 is 10.1 Å². The Bertz CT molecular complexity index is 1660. The fraction of sp³-hybridized carbons (Fsp3) is 0.387. The molecule has 0 unspecified atom stereocenters. The van der Waals surface area contributed by atoms with Crippen molar-refractivity contribution in [2.45, 2.75) is 57.0 Å². The highest BCUT2D eigenvalue weighted by Gasteiger charge is 2.24. The molecule has 1 fully saturated rings. The van der Waals surface area contributed by atoms with Gasteiger partial charge in [0.05, 0.1) is 10.4 Å². The molecule has 1 aliphatic carbocycles. The number of sulfonamides is 1. The molecule has 4 aromatic rings. The Kier molecular flexibility index (Phi) is 8.79. The molecule has 0 spiro atoms. The normalized spacial score (nSPS) is 17.6. The van der Waals surface area contributed by atoms with Crippen molar-refractivity contribution >= 4 is 49.6 Å². The van der Waals surface area contributed by atoms with Crippen LogP contribution in [-0.2, 0) is 14.8 Å². The van der Waals surface area contributed by atoms with Gasteiger partial charge in [0.15, 0.2) is 5.82 Å². The van der Waals surface area contributed by atoms with Gasteiger partial charge in [0.1, 0.15) is 5.60 Å². The maximum absolute atomic E-state index is 13.1. The van der Waals surface area contributed by atoms with Crippen molar-refractivity contribution in [1.82, 2.24) is 20.1 Å². The first-order valence-corrected chi connectivity index (χ1v) is 15.8. The van der Waals surface area contributed by atoms with E-state index in [0.717, 1.165) is 47.4 Å². The second-order valence-electron chi connectivity index (χ2n) is 11.8. The van der Waals surface area contributed by atoms with E-state index in [1.807, 2.05) is 54.6 Å². The topological polar surface area (TPSA) is 134 Å². The average Bonchev–Trinajstić information content (AvgIpc) is 2.97.